The van der Waals surface area contributed by atoms with Crippen molar-refractivity contribution in [3.05, 3.63) is 11.9 Å². The lowest BCUT2D eigenvalue weighted by Crippen LogP contribution is -2.12. The highest BCUT2D eigenvalue weighted by molar-refractivity contribution is 5.29. The molecule has 1 unspecified atom stereocenters. The summed E-state index contributed by atoms with van der Waals surface area (Å²) in [5.74, 6) is 1.74. The number of aryl methyl sites for hydroxylation is 1. The zero-order valence-corrected chi connectivity index (χ0v) is 11.2. The zero-order valence-electron chi connectivity index (χ0n) is 11.2. The van der Waals surface area contributed by atoms with Crippen LogP contribution in [0.15, 0.2) is 6.20 Å². The summed E-state index contributed by atoms with van der Waals surface area (Å²) in [5.41, 5.74) is 1.09. The van der Waals surface area contributed by atoms with E-state index >= 15 is 0 Å². The average molecular weight is 223 g/mol. The van der Waals surface area contributed by atoms with Crippen LogP contribution in [-0.2, 0) is 0 Å². The number of anilines is 1. The predicted molar refractivity (Wildman–Crippen MR) is 69.9 cm³/mol. The molecule has 0 aliphatic rings. The van der Waals surface area contributed by atoms with Gasteiger partial charge in [-0.15, -0.1) is 0 Å². The molecule has 16 heavy (non-hydrogen) atoms. The second-order valence-electron chi connectivity index (χ2n) is 5.02. The average Bonchev–Trinajstić information content (AvgIpc) is 2.55. The first kappa shape index (κ1) is 13.1. The number of nitrogens with one attached hydrogen (secondary N) is 1. The van der Waals surface area contributed by atoms with Gasteiger partial charge in [-0.1, -0.05) is 20.8 Å². The highest BCUT2D eigenvalue weighted by atomic mass is 15.2. The molecular weight excluding hydrogens is 198 g/mol. The van der Waals surface area contributed by atoms with E-state index in [4.69, 9.17) is 0 Å². The van der Waals surface area contributed by atoms with E-state index in [9.17, 15) is 0 Å². The fraction of sp³-hybridized carbons (Fsp3) is 0.769. The van der Waals surface area contributed by atoms with Crippen molar-refractivity contribution >= 4 is 5.95 Å². The highest BCUT2D eigenvalue weighted by Crippen LogP contribution is 2.22. The maximum Gasteiger partial charge on any atom is 0.203 e. The quantitative estimate of drug-likeness (QED) is 0.798. The van der Waals surface area contributed by atoms with Crippen molar-refractivity contribution in [2.45, 2.75) is 53.5 Å². The van der Waals surface area contributed by atoms with E-state index in [-0.39, 0.29) is 0 Å². The molecule has 1 N–H and O–H groups in total. The van der Waals surface area contributed by atoms with Gasteiger partial charge in [0.2, 0.25) is 5.95 Å². The minimum atomic E-state index is 0.514. The van der Waals surface area contributed by atoms with Crippen LogP contribution in [0.1, 0.15) is 52.3 Å². The van der Waals surface area contributed by atoms with Crippen LogP contribution in [0.5, 0.6) is 0 Å². The van der Waals surface area contributed by atoms with Crippen molar-refractivity contribution in [3.63, 3.8) is 0 Å². The van der Waals surface area contributed by atoms with Gasteiger partial charge in [-0.05, 0) is 32.6 Å². The third kappa shape index (κ3) is 3.54. The topological polar surface area (TPSA) is 29.9 Å². The molecule has 92 valence electrons. The van der Waals surface area contributed by atoms with Crippen molar-refractivity contribution in [3.8, 4) is 0 Å². The largest absolute Gasteiger partial charge is 0.356 e. The maximum atomic E-state index is 4.53. The molecule has 1 atom stereocenters. The van der Waals surface area contributed by atoms with Crippen LogP contribution < -0.4 is 5.32 Å². The predicted octanol–water partition coefficient (Wildman–Crippen LogP) is 3.62. The van der Waals surface area contributed by atoms with Crippen molar-refractivity contribution in [2.75, 3.05) is 11.9 Å². The Labute approximate surface area is 99.3 Å². The fourth-order valence-corrected chi connectivity index (χ4v) is 2.02. The summed E-state index contributed by atoms with van der Waals surface area (Å²) in [6, 6.07) is 0.514. The van der Waals surface area contributed by atoms with E-state index in [1.807, 2.05) is 0 Å². The smallest absolute Gasteiger partial charge is 0.203 e. The van der Waals surface area contributed by atoms with Crippen LogP contribution >= 0.6 is 0 Å². The van der Waals surface area contributed by atoms with Crippen LogP contribution in [0.2, 0.25) is 0 Å². The van der Waals surface area contributed by atoms with E-state index in [2.05, 4.69) is 55.7 Å². The van der Waals surface area contributed by atoms with Crippen LogP contribution in [0.25, 0.3) is 0 Å². The molecule has 1 rings (SSSR count). The molecule has 0 spiro atoms. The van der Waals surface area contributed by atoms with Crippen molar-refractivity contribution < 1.29 is 0 Å². The molecule has 1 aromatic rings. The third-order valence-corrected chi connectivity index (χ3v) is 2.67. The second kappa shape index (κ2) is 5.92. The highest BCUT2D eigenvalue weighted by Gasteiger charge is 2.12. The summed E-state index contributed by atoms with van der Waals surface area (Å²) >= 11 is 0. The summed E-state index contributed by atoms with van der Waals surface area (Å²) in [5, 5.41) is 3.39. The maximum absolute atomic E-state index is 4.53. The first-order chi connectivity index (χ1) is 7.54. The molecule has 0 fully saturated rings. The molecule has 0 bridgehead atoms. The van der Waals surface area contributed by atoms with Crippen LogP contribution in [-0.4, -0.2) is 16.1 Å². The van der Waals surface area contributed by atoms with Crippen molar-refractivity contribution in [2.24, 2.45) is 5.92 Å². The standard InChI is InChI=1S/C13H25N3/c1-6-7-14-13-15-11(4)9-16(13)12(5)8-10(2)3/h9-10,12H,6-8H2,1-5H3,(H,14,15). The summed E-state index contributed by atoms with van der Waals surface area (Å²) in [7, 11) is 0. The van der Waals surface area contributed by atoms with Gasteiger partial charge >= 0.3 is 0 Å². The van der Waals surface area contributed by atoms with Gasteiger partial charge in [0.25, 0.3) is 0 Å². The Morgan fingerprint density at radius 3 is 2.62 bits per heavy atom. The van der Waals surface area contributed by atoms with E-state index in [1.54, 1.807) is 0 Å². The second-order valence-corrected chi connectivity index (χ2v) is 5.02. The Kier molecular flexibility index (Phi) is 4.84. The minimum Gasteiger partial charge on any atom is -0.356 e. The molecule has 0 aliphatic heterocycles. The van der Waals surface area contributed by atoms with Crippen LogP contribution in [0.3, 0.4) is 0 Å². The van der Waals surface area contributed by atoms with Gasteiger partial charge in [-0.2, -0.15) is 0 Å². The van der Waals surface area contributed by atoms with E-state index in [0.717, 1.165) is 30.5 Å². The molecule has 1 aromatic heterocycles. The number of imidazole rings is 1. The lowest BCUT2D eigenvalue weighted by molar-refractivity contribution is 0.430. The van der Waals surface area contributed by atoms with E-state index in [1.165, 1.54) is 6.42 Å². The molecule has 0 radical (unpaired) electrons. The van der Waals surface area contributed by atoms with Gasteiger partial charge < -0.3 is 9.88 Å². The molecular formula is C13H25N3. The fourth-order valence-electron chi connectivity index (χ4n) is 2.02. The number of aromatic nitrogens is 2. The molecule has 3 heteroatoms. The van der Waals surface area contributed by atoms with Crippen LogP contribution in [0, 0.1) is 12.8 Å². The van der Waals surface area contributed by atoms with Gasteiger partial charge in [0.1, 0.15) is 0 Å². The third-order valence-electron chi connectivity index (χ3n) is 2.67. The first-order valence-corrected chi connectivity index (χ1v) is 6.34. The number of nitrogens with zero attached hydrogens (tertiary/aromatic N) is 2. The summed E-state index contributed by atoms with van der Waals surface area (Å²) in [6.45, 7) is 12.0. The SMILES string of the molecule is CCCNc1nc(C)cn1C(C)CC(C)C. The van der Waals surface area contributed by atoms with Gasteiger partial charge in [-0.25, -0.2) is 4.98 Å². The molecule has 0 aromatic carbocycles. The number of rotatable bonds is 6. The molecule has 3 nitrogen and oxygen atoms in total. The Morgan fingerprint density at radius 1 is 1.38 bits per heavy atom. The van der Waals surface area contributed by atoms with Gasteiger partial charge in [0.15, 0.2) is 0 Å². The Morgan fingerprint density at radius 2 is 2.06 bits per heavy atom. The Balaban J connectivity index is 2.76. The van der Waals surface area contributed by atoms with E-state index < -0.39 is 0 Å². The monoisotopic (exact) mass is 223 g/mol. The molecule has 1 heterocycles. The number of hydrogen-bond acceptors (Lipinski definition) is 2. The van der Waals surface area contributed by atoms with Gasteiger partial charge in [0.05, 0.1) is 5.69 Å². The lowest BCUT2D eigenvalue weighted by atomic mass is 10.1. The molecule has 0 saturated carbocycles. The van der Waals surface area contributed by atoms with Crippen molar-refractivity contribution in [1.82, 2.24) is 9.55 Å². The molecule has 0 saturated heterocycles. The Bertz CT molecular complexity index is 315. The lowest BCUT2D eigenvalue weighted by Gasteiger charge is -2.18. The van der Waals surface area contributed by atoms with E-state index in [0.29, 0.717) is 6.04 Å². The summed E-state index contributed by atoms with van der Waals surface area (Å²) in [6.07, 6.45) is 4.46. The normalized spacial score (nSPS) is 13.1. The van der Waals surface area contributed by atoms with Gasteiger partial charge in [0, 0.05) is 18.8 Å². The minimum absolute atomic E-state index is 0.514. The number of hydrogen-bond donors (Lipinski definition) is 1. The van der Waals surface area contributed by atoms with Gasteiger partial charge in [-0.3, -0.25) is 0 Å². The molecule has 0 aliphatic carbocycles. The summed E-state index contributed by atoms with van der Waals surface area (Å²) < 4.78 is 2.27. The van der Waals surface area contributed by atoms with Crippen molar-refractivity contribution in [1.29, 1.82) is 0 Å². The first-order valence-electron chi connectivity index (χ1n) is 6.34. The molecule has 0 amide bonds. The zero-order chi connectivity index (χ0) is 12.1. The summed E-state index contributed by atoms with van der Waals surface area (Å²) in [4.78, 5) is 4.53. The Hall–Kier alpha value is -0.990. The van der Waals surface area contributed by atoms with Crippen LogP contribution in [0.4, 0.5) is 5.95 Å².